The number of esters is 1. The molecule has 0 saturated carbocycles. The van der Waals surface area contributed by atoms with Crippen molar-refractivity contribution in [3.63, 3.8) is 0 Å². The van der Waals surface area contributed by atoms with Crippen molar-refractivity contribution in [2.75, 3.05) is 44.9 Å². The molecular weight excluding hydrogens is 288 g/mol. The van der Waals surface area contributed by atoms with Gasteiger partial charge in [-0.2, -0.15) is 5.26 Å². The molecule has 0 aromatic carbocycles. The fourth-order valence-corrected chi connectivity index (χ4v) is 3.68. The molecule has 0 unspecified atom stereocenters. The molecule has 0 atom stereocenters. The molecular formula is C14H20N4O2S. The van der Waals surface area contributed by atoms with Crippen LogP contribution in [0.4, 0.5) is 10.7 Å². The molecule has 0 radical (unpaired) electrons. The van der Waals surface area contributed by atoms with Crippen molar-refractivity contribution < 1.29 is 9.53 Å². The lowest BCUT2D eigenvalue weighted by atomic mass is 10.0. The summed E-state index contributed by atoms with van der Waals surface area (Å²) in [6.07, 6.45) is 2.04. The monoisotopic (exact) mass is 308 g/mol. The number of hydrogen-bond acceptors (Lipinski definition) is 7. The molecule has 1 saturated heterocycles. The number of piperidine rings is 1. The summed E-state index contributed by atoms with van der Waals surface area (Å²) in [7, 11) is 5.49. The van der Waals surface area contributed by atoms with E-state index in [4.69, 9.17) is 15.7 Å². The highest BCUT2D eigenvalue weighted by Gasteiger charge is 2.29. The third-order valence-corrected chi connectivity index (χ3v) is 5.07. The second kappa shape index (κ2) is 6.33. The van der Waals surface area contributed by atoms with Crippen LogP contribution in [0.3, 0.4) is 0 Å². The number of rotatable bonds is 3. The number of hydrogen-bond donors (Lipinski definition) is 1. The quantitative estimate of drug-likeness (QED) is 0.853. The van der Waals surface area contributed by atoms with Crippen LogP contribution in [0.2, 0.25) is 0 Å². The van der Waals surface area contributed by atoms with Crippen LogP contribution in [0.5, 0.6) is 0 Å². The predicted molar refractivity (Wildman–Crippen MR) is 83.7 cm³/mol. The molecule has 7 heteroatoms. The minimum Gasteiger partial charge on any atom is -0.465 e. The average molecular weight is 308 g/mol. The van der Waals surface area contributed by atoms with Gasteiger partial charge in [-0.25, -0.2) is 4.79 Å². The van der Waals surface area contributed by atoms with Crippen LogP contribution in [0.15, 0.2) is 0 Å². The molecule has 0 aliphatic carbocycles. The van der Waals surface area contributed by atoms with Gasteiger partial charge in [0.1, 0.15) is 21.5 Å². The van der Waals surface area contributed by atoms with E-state index in [1.807, 2.05) is 0 Å². The number of carbonyl (C=O) groups excluding carboxylic acids is 1. The van der Waals surface area contributed by atoms with Crippen molar-refractivity contribution in [1.82, 2.24) is 4.90 Å². The Balaban J connectivity index is 2.28. The summed E-state index contributed by atoms with van der Waals surface area (Å²) in [4.78, 5) is 16.7. The van der Waals surface area contributed by atoms with Gasteiger partial charge in [-0.15, -0.1) is 11.3 Å². The van der Waals surface area contributed by atoms with Crippen LogP contribution >= 0.6 is 11.3 Å². The molecule has 2 N–H and O–H groups in total. The van der Waals surface area contributed by atoms with E-state index in [-0.39, 0.29) is 5.69 Å². The predicted octanol–water partition coefficient (Wildman–Crippen LogP) is 1.52. The zero-order valence-electron chi connectivity index (χ0n) is 12.5. The number of nitriles is 1. The maximum atomic E-state index is 12.0. The van der Waals surface area contributed by atoms with E-state index in [1.54, 1.807) is 0 Å². The van der Waals surface area contributed by atoms with Gasteiger partial charge in [0.05, 0.1) is 12.8 Å². The van der Waals surface area contributed by atoms with Gasteiger partial charge in [0.15, 0.2) is 0 Å². The Bertz CT molecular complexity index is 568. The lowest BCUT2D eigenvalue weighted by molar-refractivity contribution is 0.0603. The van der Waals surface area contributed by atoms with Crippen molar-refractivity contribution in [3.05, 3.63) is 10.4 Å². The van der Waals surface area contributed by atoms with Gasteiger partial charge in [-0.3, -0.25) is 0 Å². The summed E-state index contributed by atoms with van der Waals surface area (Å²) in [5, 5.41) is 9.88. The first-order valence-electron chi connectivity index (χ1n) is 6.81. The first-order valence-corrected chi connectivity index (χ1v) is 7.63. The highest BCUT2D eigenvalue weighted by atomic mass is 32.1. The Morgan fingerprint density at radius 3 is 2.57 bits per heavy atom. The third-order valence-electron chi connectivity index (χ3n) is 3.90. The molecule has 0 amide bonds. The number of anilines is 2. The fraction of sp³-hybridized carbons (Fsp3) is 0.571. The lowest BCUT2D eigenvalue weighted by Gasteiger charge is -2.36. The summed E-state index contributed by atoms with van der Waals surface area (Å²) in [6, 6.07) is 2.60. The van der Waals surface area contributed by atoms with Crippen LogP contribution in [0, 0.1) is 11.3 Å². The number of nitrogens with two attached hydrogens (primary N) is 1. The normalized spacial score (nSPS) is 16.0. The van der Waals surface area contributed by atoms with Crippen LogP contribution in [-0.2, 0) is 4.74 Å². The Kier molecular flexibility index (Phi) is 4.70. The molecule has 21 heavy (non-hydrogen) atoms. The molecule has 6 nitrogen and oxygen atoms in total. The van der Waals surface area contributed by atoms with Crippen molar-refractivity contribution in [3.8, 4) is 6.07 Å². The smallest absolute Gasteiger partial charge is 0.343 e. The van der Waals surface area contributed by atoms with Crippen molar-refractivity contribution >= 4 is 28.0 Å². The van der Waals surface area contributed by atoms with E-state index in [0.29, 0.717) is 16.5 Å². The van der Waals surface area contributed by atoms with E-state index in [0.717, 1.165) is 30.9 Å². The van der Waals surface area contributed by atoms with Crippen LogP contribution in [0.1, 0.15) is 28.1 Å². The van der Waals surface area contributed by atoms with E-state index >= 15 is 0 Å². The van der Waals surface area contributed by atoms with E-state index in [2.05, 4.69) is 30.0 Å². The van der Waals surface area contributed by atoms with Crippen LogP contribution in [-0.4, -0.2) is 51.2 Å². The number of ether oxygens (including phenoxy) is 1. The summed E-state index contributed by atoms with van der Waals surface area (Å²) in [5.41, 5.74) is 6.50. The Morgan fingerprint density at radius 1 is 1.48 bits per heavy atom. The molecule has 1 aliphatic rings. The van der Waals surface area contributed by atoms with Crippen LogP contribution < -0.4 is 10.6 Å². The number of methoxy groups -OCH3 is 1. The fourth-order valence-electron chi connectivity index (χ4n) is 2.62. The van der Waals surface area contributed by atoms with Gasteiger partial charge < -0.3 is 20.3 Å². The number of thiophene rings is 1. The first-order chi connectivity index (χ1) is 9.99. The zero-order valence-corrected chi connectivity index (χ0v) is 13.4. The van der Waals surface area contributed by atoms with Gasteiger partial charge in [-0.1, -0.05) is 0 Å². The maximum Gasteiger partial charge on any atom is 0.343 e. The molecule has 1 aromatic heterocycles. The second-order valence-corrected chi connectivity index (χ2v) is 6.31. The van der Waals surface area contributed by atoms with E-state index in [9.17, 15) is 4.79 Å². The summed E-state index contributed by atoms with van der Waals surface area (Å²) >= 11 is 1.27. The summed E-state index contributed by atoms with van der Waals surface area (Å²) in [5.74, 6) is -0.477. The Labute approximate surface area is 128 Å². The summed E-state index contributed by atoms with van der Waals surface area (Å²) < 4.78 is 4.81. The third kappa shape index (κ3) is 2.96. The van der Waals surface area contributed by atoms with E-state index < -0.39 is 5.97 Å². The molecule has 1 fully saturated rings. The average Bonchev–Trinajstić information content (AvgIpc) is 2.83. The Hall–Kier alpha value is -1.78. The molecule has 1 aromatic rings. The molecule has 2 rings (SSSR count). The zero-order chi connectivity index (χ0) is 15.6. The second-order valence-electron chi connectivity index (χ2n) is 5.31. The van der Waals surface area contributed by atoms with Crippen molar-refractivity contribution in [2.24, 2.45) is 0 Å². The number of nitrogen functional groups attached to an aromatic ring is 1. The molecule has 0 bridgehead atoms. The van der Waals surface area contributed by atoms with Gasteiger partial charge >= 0.3 is 5.97 Å². The maximum absolute atomic E-state index is 12.0. The topological polar surface area (TPSA) is 82.6 Å². The molecule has 114 valence electrons. The first kappa shape index (κ1) is 15.6. The van der Waals surface area contributed by atoms with Gasteiger partial charge in [0.2, 0.25) is 0 Å². The minimum absolute atomic E-state index is 0.235. The molecule has 2 heterocycles. The van der Waals surface area contributed by atoms with Gasteiger partial charge in [0, 0.05) is 19.1 Å². The number of carbonyl (C=O) groups is 1. The standard InChI is InChI=1S/C14H20N4O2S/c1-17(2)9-4-6-18(7-5-9)13-11(14(19)20-3)12(16)10(8-15)21-13/h9H,4-7,16H2,1-3H3. The minimum atomic E-state index is -0.477. The number of nitrogens with zero attached hydrogens (tertiary/aromatic N) is 3. The van der Waals surface area contributed by atoms with Crippen LogP contribution in [0.25, 0.3) is 0 Å². The highest BCUT2D eigenvalue weighted by molar-refractivity contribution is 7.17. The summed E-state index contributed by atoms with van der Waals surface area (Å²) in [6.45, 7) is 1.69. The lowest BCUT2D eigenvalue weighted by Crippen LogP contribution is -2.42. The van der Waals surface area contributed by atoms with Gasteiger partial charge in [-0.05, 0) is 26.9 Å². The highest BCUT2D eigenvalue weighted by Crippen LogP contribution is 2.39. The van der Waals surface area contributed by atoms with Gasteiger partial charge in [0.25, 0.3) is 0 Å². The molecule has 1 aliphatic heterocycles. The largest absolute Gasteiger partial charge is 0.465 e. The van der Waals surface area contributed by atoms with Crippen molar-refractivity contribution in [2.45, 2.75) is 18.9 Å². The van der Waals surface area contributed by atoms with Crippen molar-refractivity contribution in [1.29, 1.82) is 5.26 Å². The molecule has 0 spiro atoms. The Morgan fingerprint density at radius 2 is 2.10 bits per heavy atom. The van der Waals surface area contributed by atoms with E-state index in [1.165, 1.54) is 18.4 Å². The SMILES string of the molecule is COC(=O)c1c(N2CCC(N(C)C)CC2)sc(C#N)c1N.